The van der Waals surface area contributed by atoms with Crippen LogP contribution in [0.4, 0.5) is 0 Å². The van der Waals surface area contributed by atoms with Crippen molar-refractivity contribution in [3.8, 4) is 0 Å². The zero-order chi connectivity index (χ0) is 10.6. The van der Waals surface area contributed by atoms with Crippen LogP contribution in [0.25, 0.3) is 0 Å². The van der Waals surface area contributed by atoms with Crippen molar-refractivity contribution < 1.29 is 4.79 Å². The first kappa shape index (κ1) is 12.9. The SMILES string of the molecule is CCCCCC=O.Cc1ccccc1. The number of aryl methyl sites for hydroxylation is 1. The molecule has 0 bridgehead atoms. The molecular formula is C13H20O. The second-order valence-electron chi connectivity index (χ2n) is 3.32. The van der Waals surface area contributed by atoms with Gasteiger partial charge < -0.3 is 4.79 Å². The van der Waals surface area contributed by atoms with Crippen LogP contribution in [0, 0.1) is 6.92 Å². The average Bonchev–Trinajstić information content (AvgIpc) is 2.21. The second-order valence-corrected chi connectivity index (χ2v) is 3.32. The Labute approximate surface area is 87.2 Å². The minimum Gasteiger partial charge on any atom is -0.303 e. The molecule has 0 amide bonds. The summed E-state index contributed by atoms with van der Waals surface area (Å²) in [6, 6.07) is 10.3. The quantitative estimate of drug-likeness (QED) is 0.524. The predicted molar refractivity (Wildman–Crippen MR) is 61.4 cm³/mol. The highest BCUT2D eigenvalue weighted by Gasteiger charge is 1.80. The Bertz CT molecular complexity index is 216. The smallest absolute Gasteiger partial charge is 0.119 e. The molecule has 1 nitrogen and oxygen atoms in total. The van der Waals surface area contributed by atoms with Crippen molar-refractivity contribution in [3.63, 3.8) is 0 Å². The summed E-state index contributed by atoms with van der Waals surface area (Å²) in [6.45, 7) is 4.21. The molecule has 0 fully saturated rings. The van der Waals surface area contributed by atoms with Crippen LogP contribution in [0.2, 0.25) is 0 Å². The summed E-state index contributed by atoms with van der Waals surface area (Å²) in [7, 11) is 0. The fourth-order valence-corrected chi connectivity index (χ4v) is 1.01. The number of aldehydes is 1. The van der Waals surface area contributed by atoms with Gasteiger partial charge in [0.2, 0.25) is 0 Å². The van der Waals surface area contributed by atoms with Gasteiger partial charge in [0.05, 0.1) is 0 Å². The number of benzene rings is 1. The summed E-state index contributed by atoms with van der Waals surface area (Å²) in [5, 5.41) is 0. The third-order valence-corrected chi connectivity index (χ3v) is 1.87. The summed E-state index contributed by atoms with van der Waals surface area (Å²) >= 11 is 0. The number of rotatable bonds is 4. The van der Waals surface area contributed by atoms with Gasteiger partial charge in [-0.3, -0.25) is 0 Å². The van der Waals surface area contributed by atoms with Gasteiger partial charge >= 0.3 is 0 Å². The van der Waals surface area contributed by atoms with Gasteiger partial charge in [-0.05, 0) is 13.3 Å². The van der Waals surface area contributed by atoms with Gasteiger partial charge in [-0.1, -0.05) is 55.7 Å². The van der Waals surface area contributed by atoms with E-state index in [1.165, 1.54) is 18.4 Å². The number of carbonyl (C=O) groups excluding carboxylic acids is 1. The number of hydrogen-bond donors (Lipinski definition) is 0. The van der Waals surface area contributed by atoms with Gasteiger partial charge in [-0.15, -0.1) is 0 Å². The molecule has 1 aromatic rings. The summed E-state index contributed by atoms with van der Waals surface area (Å²) in [6.07, 6.45) is 5.19. The van der Waals surface area contributed by atoms with Crippen LogP contribution >= 0.6 is 0 Å². The summed E-state index contributed by atoms with van der Waals surface area (Å²) < 4.78 is 0. The van der Waals surface area contributed by atoms with E-state index >= 15 is 0 Å². The maximum Gasteiger partial charge on any atom is 0.119 e. The summed E-state index contributed by atoms with van der Waals surface area (Å²) in [5.41, 5.74) is 1.32. The van der Waals surface area contributed by atoms with Crippen molar-refractivity contribution in [1.82, 2.24) is 0 Å². The first-order chi connectivity index (χ1) is 6.81. The first-order valence-electron chi connectivity index (χ1n) is 5.26. The molecule has 0 atom stereocenters. The maximum absolute atomic E-state index is 9.68. The minimum atomic E-state index is 0.744. The molecule has 0 aliphatic heterocycles. The Kier molecular flexibility index (Phi) is 9.18. The van der Waals surface area contributed by atoms with Crippen LogP contribution in [0.15, 0.2) is 30.3 Å². The Morgan fingerprint density at radius 3 is 2.14 bits per heavy atom. The van der Waals surface area contributed by atoms with Crippen LogP contribution in [0.3, 0.4) is 0 Å². The topological polar surface area (TPSA) is 17.1 Å². The van der Waals surface area contributed by atoms with Crippen LogP contribution in [0.1, 0.15) is 38.2 Å². The summed E-state index contributed by atoms with van der Waals surface area (Å²) in [5.74, 6) is 0. The molecule has 78 valence electrons. The lowest BCUT2D eigenvalue weighted by Crippen LogP contribution is -1.73. The molecule has 0 aliphatic carbocycles. The molecular weight excluding hydrogens is 172 g/mol. The molecule has 1 rings (SSSR count). The lowest BCUT2D eigenvalue weighted by molar-refractivity contribution is -0.107. The van der Waals surface area contributed by atoms with E-state index in [2.05, 4.69) is 26.0 Å². The molecule has 1 aromatic carbocycles. The molecule has 0 aromatic heterocycles. The van der Waals surface area contributed by atoms with Crippen molar-refractivity contribution >= 4 is 6.29 Å². The molecule has 14 heavy (non-hydrogen) atoms. The Hall–Kier alpha value is -1.11. The monoisotopic (exact) mass is 192 g/mol. The van der Waals surface area contributed by atoms with Gasteiger partial charge in [0.25, 0.3) is 0 Å². The average molecular weight is 192 g/mol. The van der Waals surface area contributed by atoms with Gasteiger partial charge in [-0.25, -0.2) is 0 Å². The molecule has 1 heteroatoms. The number of carbonyl (C=O) groups is 1. The highest BCUT2D eigenvalue weighted by atomic mass is 16.1. The lowest BCUT2D eigenvalue weighted by atomic mass is 10.2. The molecule has 0 spiro atoms. The highest BCUT2D eigenvalue weighted by molar-refractivity contribution is 5.48. The first-order valence-corrected chi connectivity index (χ1v) is 5.26. The van der Waals surface area contributed by atoms with E-state index < -0.39 is 0 Å². The van der Waals surface area contributed by atoms with E-state index in [-0.39, 0.29) is 0 Å². The van der Waals surface area contributed by atoms with Gasteiger partial charge in [0.15, 0.2) is 0 Å². The fourth-order valence-electron chi connectivity index (χ4n) is 1.01. The fraction of sp³-hybridized carbons (Fsp3) is 0.462. The standard InChI is InChI=1S/C7H8.C6H12O/c1-7-5-3-2-4-6-7;1-2-3-4-5-6-7/h2-6H,1H3;6H,2-5H2,1H3. The van der Waals surface area contributed by atoms with E-state index in [4.69, 9.17) is 0 Å². The molecule has 0 saturated carbocycles. The van der Waals surface area contributed by atoms with E-state index in [9.17, 15) is 4.79 Å². The van der Waals surface area contributed by atoms with Crippen LogP contribution in [0.5, 0.6) is 0 Å². The van der Waals surface area contributed by atoms with Crippen molar-refractivity contribution in [2.75, 3.05) is 0 Å². The van der Waals surface area contributed by atoms with Crippen molar-refractivity contribution in [1.29, 1.82) is 0 Å². The van der Waals surface area contributed by atoms with Crippen LogP contribution in [-0.4, -0.2) is 6.29 Å². The van der Waals surface area contributed by atoms with Crippen LogP contribution in [-0.2, 0) is 4.79 Å². The third-order valence-electron chi connectivity index (χ3n) is 1.87. The second kappa shape index (κ2) is 9.97. The van der Waals surface area contributed by atoms with E-state index in [0.717, 1.165) is 19.1 Å². The molecule has 0 aliphatic rings. The third kappa shape index (κ3) is 8.98. The van der Waals surface area contributed by atoms with E-state index in [1.54, 1.807) is 0 Å². The van der Waals surface area contributed by atoms with Crippen molar-refractivity contribution in [2.45, 2.75) is 39.5 Å². The van der Waals surface area contributed by atoms with Gasteiger partial charge in [0.1, 0.15) is 6.29 Å². The largest absolute Gasteiger partial charge is 0.303 e. The highest BCUT2D eigenvalue weighted by Crippen LogP contribution is 1.94. The summed E-state index contributed by atoms with van der Waals surface area (Å²) in [4.78, 5) is 9.68. The maximum atomic E-state index is 9.68. The molecule has 0 heterocycles. The van der Waals surface area contributed by atoms with Gasteiger partial charge in [0, 0.05) is 6.42 Å². The molecule has 0 unspecified atom stereocenters. The normalized spacial score (nSPS) is 8.71. The molecule has 0 radical (unpaired) electrons. The Balaban J connectivity index is 0.000000241. The van der Waals surface area contributed by atoms with Gasteiger partial charge in [-0.2, -0.15) is 0 Å². The van der Waals surface area contributed by atoms with E-state index in [1.807, 2.05) is 18.2 Å². The van der Waals surface area contributed by atoms with Crippen molar-refractivity contribution in [2.24, 2.45) is 0 Å². The van der Waals surface area contributed by atoms with Crippen LogP contribution < -0.4 is 0 Å². The lowest BCUT2D eigenvalue weighted by Gasteiger charge is -1.85. The molecule has 0 N–H and O–H groups in total. The predicted octanol–water partition coefficient (Wildman–Crippen LogP) is 3.76. The zero-order valence-electron chi connectivity index (χ0n) is 9.20. The minimum absolute atomic E-state index is 0.744. The van der Waals surface area contributed by atoms with E-state index in [0.29, 0.717) is 0 Å². The Morgan fingerprint density at radius 2 is 1.79 bits per heavy atom. The number of unbranched alkanes of at least 4 members (excludes halogenated alkanes) is 3. The molecule has 0 saturated heterocycles. The zero-order valence-corrected chi connectivity index (χ0v) is 9.20. The van der Waals surface area contributed by atoms with Crippen molar-refractivity contribution in [3.05, 3.63) is 35.9 Å². The Morgan fingerprint density at radius 1 is 1.14 bits per heavy atom. The number of hydrogen-bond acceptors (Lipinski definition) is 1.